The van der Waals surface area contributed by atoms with Gasteiger partial charge in [0.1, 0.15) is 5.82 Å². The number of piperidine rings is 1. The summed E-state index contributed by atoms with van der Waals surface area (Å²) < 4.78 is 9.21. The number of likely N-dealkylation sites (tertiary alicyclic amines) is 1. The van der Waals surface area contributed by atoms with Gasteiger partial charge in [-0.1, -0.05) is 0 Å². The quantitative estimate of drug-likeness (QED) is 0.768. The van der Waals surface area contributed by atoms with Crippen LogP contribution in [0.5, 0.6) is 0 Å². The molecule has 1 saturated heterocycles. The van der Waals surface area contributed by atoms with Crippen LogP contribution in [-0.4, -0.2) is 56.9 Å². The van der Waals surface area contributed by atoms with Gasteiger partial charge in [-0.2, -0.15) is 5.10 Å². The predicted molar refractivity (Wildman–Crippen MR) is 94.2 cm³/mol. The zero-order valence-electron chi connectivity index (χ0n) is 15.1. The second kappa shape index (κ2) is 8.29. The van der Waals surface area contributed by atoms with Crippen LogP contribution in [0, 0.1) is 6.92 Å². The molecule has 0 bridgehead atoms. The molecule has 0 aromatic carbocycles. The number of imidazole rings is 1. The molecule has 0 unspecified atom stereocenters. The number of rotatable bonds is 7. The van der Waals surface area contributed by atoms with E-state index < -0.39 is 0 Å². The number of carbonyl (C=O) groups excluding carboxylic acids is 1. The molecular weight excluding hydrogens is 318 g/mol. The average molecular weight is 345 g/mol. The highest BCUT2D eigenvalue weighted by molar-refractivity contribution is 5.76. The second-order valence-electron chi connectivity index (χ2n) is 6.60. The Labute approximate surface area is 148 Å². The van der Waals surface area contributed by atoms with Crippen LogP contribution in [0.15, 0.2) is 24.7 Å². The first-order chi connectivity index (χ1) is 12.2. The molecule has 0 aliphatic carbocycles. The maximum atomic E-state index is 12.6. The fourth-order valence-corrected chi connectivity index (χ4v) is 3.47. The molecule has 7 nitrogen and oxygen atoms in total. The molecule has 0 saturated carbocycles. The van der Waals surface area contributed by atoms with Gasteiger partial charge >= 0.3 is 0 Å². The summed E-state index contributed by atoms with van der Waals surface area (Å²) in [6.45, 7) is 5.71. The number of ether oxygens (including phenoxy) is 1. The molecule has 1 amide bonds. The van der Waals surface area contributed by atoms with Crippen molar-refractivity contribution in [2.24, 2.45) is 0 Å². The van der Waals surface area contributed by atoms with E-state index in [-0.39, 0.29) is 5.91 Å². The van der Waals surface area contributed by atoms with Gasteiger partial charge in [0.25, 0.3) is 0 Å². The molecule has 2 aromatic rings. The monoisotopic (exact) mass is 345 g/mol. The van der Waals surface area contributed by atoms with Crippen LogP contribution in [0.25, 0.3) is 0 Å². The molecule has 1 aliphatic heterocycles. The smallest absolute Gasteiger partial charge is 0.224 e. The molecular formula is C18H27N5O2. The maximum absolute atomic E-state index is 12.6. The van der Waals surface area contributed by atoms with Gasteiger partial charge in [0.05, 0.1) is 6.61 Å². The number of carbonyl (C=O) groups is 1. The molecule has 3 heterocycles. The van der Waals surface area contributed by atoms with E-state index in [1.54, 1.807) is 13.3 Å². The fourth-order valence-electron chi connectivity index (χ4n) is 3.47. The van der Waals surface area contributed by atoms with Crippen molar-refractivity contribution in [3.8, 4) is 0 Å². The van der Waals surface area contributed by atoms with Gasteiger partial charge < -0.3 is 14.2 Å². The van der Waals surface area contributed by atoms with Crippen LogP contribution in [0.4, 0.5) is 0 Å². The molecule has 0 N–H and O–H groups in total. The summed E-state index contributed by atoms with van der Waals surface area (Å²) in [4.78, 5) is 19.1. The van der Waals surface area contributed by atoms with Gasteiger partial charge in [-0.05, 0) is 25.8 Å². The fraction of sp³-hybridized carbons (Fsp3) is 0.611. The number of methoxy groups -OCH3 is 1. The van der Waals surface area contributed by atoms with Crippen LogP contribution in [0.2, 0.25) is 0 Å². The summed E-state index contributed by atoms with van der Waals surface area (Å²) in [5, 5.41) is 4.25. The Kier molecular flexibility index (Phi) is 5.86. The molecule has 136 valence electrons. The van der Waals surface area contributed by atoms with E-state index in [1.807, 2.05) is 35.0 Å². The van der Waals surface area contributed by atoms with Crippen molar-refractivity contribution < 1.29 is 9.53 Å². The minimum absolute atomic E-state index is 0.203. The second-order valence-corrected chi connectivity index (χ2v) is 6.60. The number of nitrogens with zero attached hydrogens (tertiary/aromatic N) is 5. The highest BCUT2D eigenvalue weighted by Crippen LogP contribution is 2.26. The topological polar surface area (TPSA) is 65.2 Å². The van der Waals surface area contributed by atoms with Crippen molar-refractivity contribution in [3.05, 3.63) is 36.2 Å². The standard InChI is InChI=1S/C18H27N5O2/c1-15-5-7-20-23(15)10-6-17(24)22-9-3-4-16(14-22)18-19-8-11-21(18)12-13-25-2/h5,7-8,11,16H,3-4,6,9-10,12-14H2,1-2H3/t16-/m0/s1. The number of hydrogen-bond donors (Lipinski definition) is 0. The van der Waals surface area contributed by atoms with Crippen molar-refractivity contribution in [3.63, 3.8) is 0 Å². The van der Waals surface area contributed by atoms with E-state index in [0.29, 0.717) is 25.5 Å². The lowest BCUT2D eigenvalue weighted by atomic mass is 9.97. The lowest BCUT2D eigenvalue weighted by Crippen LogP contribution is -2.40. The zero-order chi connectivity index (χ0) is 17.6. The van der Waals surface area contributed by atoms with Crippen molar-refractivity contribution in [2.45, 2.75) is 45.2 Å². The summed E-state index contributed by atoms with van der Waals surface area (Å²) >= 11 is 0. The Morgan fingerprint density at radius 3 is 3.00 bits per heavy atom. The minimum atomic E-state index is 0.203. The van der Waals surface area contributed by atoms with Gasteiger partial charge in [0, 0.05) is 69.9 Å². The number of aromatic nitrogens is 4. The molecule has 0 spiro atoms. The zero-order valence-corrected chi connectivity index (χ0v) is 15.1. The maximum Gasteiger partial charge on any atom is 0.224 e. The molecule has 0 radical (unpaired) electrons. The Morgan fingerprint density at radius 2 is 2.24 bits per heavy atom. The Bertz CT molecular complexity index is 693. The molecule has 2 aromatic heterocycles. The number of amides is 1. The Balaban J connectivity index is 1.58. The van der Waals surface area contributed by atoms with Gasteiger partial charge in [0.2, 0.25) is 5.91 Å². The van der Waals surface area contributed by atoms with Gasteiger partial charge in [-0.3, -0.25) is 9.48 Å². The molecule has 1 fully saturated rings. The normalized spacial score (nSPS) is 17.8. The number of hydrogen-bond acceptors (Lipinski definition) is 4. The summed E-state index contributed by atoms with van der Waals surface area (Å²) in [5.41, 5.74) is 1.09. The predicted octanol–water partition coefficient (Wildman–Crippen LogP) is 1.83. The largest absolute Gasteiger partial charge is 0.383 e. The van der Waals surface area contributed by atoms with Crippen LogP contribution >= 0.6 is 0 Å². The first kappa shape index (κ1) is 17.7. The summed E-state index contributed by atoms with van der Waals surface area (Å²) in [7, 11) is 1.71. The third kappa shape index (κ3) is 4.28. The third-order valence-electron chi connectivity index (χ3n) is 4.89. The first-order valence-corrected chi connectivity index (χ1v) is 8.95. The minimum Gasteiger partial charge on any atom is -0.383 e. The Morgan fingerprint density at radius 1 is 1.36 bits per heavy atom. The van der Waals surface area contributed by atoms with Gasteiger partial charge in [0.15, 0.2) is 0 Å². The lowest BCUT2D eigenvalue weighted by Gasteiger charge is -2.33. The summed E-state index contributed by atoms with van der Waals surface area (Å²) in [6, 6.07) is 1.96. The third-order valence-corrected chi connectivity index (χ3v) is 4.89. The molecule has 1 aliphatic rings. The molecule has 3 rings (SSSR count). The SMILES string of the molecule is COCCn1ccnc1[C@H]1CCCN(C(=O)CCn2nccc2C)C1. The Hall–Kier alpha value is -2.15. The summed E-state index contributed by atoms with van der Waals surface area (Å²) in [5.74, 6) is 1.57. The van der Waals surface area contributed by atoms with E-state index >= 15 is 0 Å². The van der Waals surface area contributed by atoms with Crippen molar-refractivity contribution in [1.29, 1.82) is 0 Å². The first-order valence-electron chi connectivity index (χ1n) is 8.95. The van der Waals surface area contributed by atoms with E-state index in [2.05, 4.69) is 14.6 Å². The van der Waals surface area contributed by atoms with E-state index in [1.165, 1.54) is 0 Å². The summed E-state index contributed by atoms with van der Waals surface area (Å²) in [6.07, 6.45) is 8.20. The number of aryl methyl sites for hydroxylation is 2. The van der Waals surface area contributed by atoms with Crippen LogP contribution in [0.3, 0.4) is 0 Å². The molecule has 7 heteroatoms. The van der Waals surface area contributed by atoms with E-state index in [4.69, 9.17) is 4.74 Å². The highest BCUT2D eigenvalue weighted by atomic mass is 16.5. The lowest BCUT2D eigenvalue weighted by molar-refractivity contribution is -0.132. The molecule has 1 atom stereocenters. The van der Waals surface area contributed by atoms with Crippen molar-refractivity contribution >= 4 is 5.91 Å². The van der Waals surface area contributed by atoms with Gasteiger partial charge in [-0.25, -0.2) is 4.98 Å². The van der Waals surface area contributed by atoms with Crippen molar-refractivity contribution in [1.82, 2.24) is 24.2 Å². The van der Waals surface area contributed by atoms with E-state index in [9.17, 15) is 4.79 Å². The van der Waals surface area contributed by atoms with Crippen LogP contribution in [-0.2, 0) is 22.6 Å². The van der Waals surface area contributed by atoms with Crippen LogP contribution < -0.4 is 0 Å². The van der Waals surface area contributed by atoms with Gasteiger partial charge in [-0.15, -0.1) is 0 Å². The van der Waals surface area contributed by atoms with Crippen molar-refractivity contribution in [2.75, 3.05) is 26.8 Å². The van der Waals surface area contributed by atoms with E-state index in [0.717, 1.165) is 44.0 Å². The highest BCUT2D eigenvalue weighted by Gasteiger charge is 2.27. The van der Waals surface area contributed by atoms with Crippen LogP contribution in [0.1, 0.15) is 36.7 Å². The average Bonchev–Trinajstić information content (AvgIpc) is 3.26. The molecule has 25 heavy (non-hydrogen) atoms.